The van der Waals surface area contributed by atoms with E-state index in [0.29, 0.717) is 13.1 Å². The number of carboxylic acids is 1. The summed E-state index contributed by atoms with van der Waals surface area (Å²) in [6, 6.07) is 7.32. The van der Waals surface area contributed by atoms with Crippen molar-refractivity contribution in [2.75, 3.05) is 13.1 Å². The fourth-order valence-electron chi connectivity index (χ4n) is 2.31. The second kappa shape index (κ2) is 5.84. The van der Waals surface area contributed by atoms with Gasteiger partial charge in [-0.1, -0.05) is 24.3 Å². The molecule has 19 heavy (non-hydrogen) atoms. The van der Waals surface area contributed by atoms with Crippen LogP contribution in [-0.4, -0.2) is 41.0 Å². The van der Waals surface area contributed by atoms with Crippen LogP contribution in [0.1, 0.15) is 18.1 Å². The smallest absolute Gasteiger partial charge is 0.307 e. The molecule has 5 nitrogen and oxygen atoms in total. The van der Waals surface area contributed by atoms with Crippen molar-refractivity contribution in [1.82, 2.24) is 10.2 Å². The van der Waals surface area contributed by atoms with Crippen LogP contribution < -0.4 is 5.32 Å². The Balaban J connectivity index is 2.14. The minimum absolute atomic E-state index is 0.0184. The molecule has 1 amide bonds. The molecule has 1 aliphatic rings. The number of hydrogen-bond acceptors (Lipinski definition) is 3. The number of nitrogens with zero attached hydrogens (tertiary/aromatic N) is 1. The van der Waals surface area contributed by atoms with Gasteiger partial charge in [0.15, 0.2) is 0 Å². The van der Waals surface area contributed by atoms with Gasteiger partial charge in [-0.15, -0.1) is 0 Å². The van der Waals surface area contributed by atoms with Crippen molar-refractivity contribution >= 4 is 11.9 Å². The van der Waals surface area contributed by atoms with E-state index in [0.717, 1.165) is 17.7 Å². The number of carboxylic acid groups (broad SMARTS) is 1. The SMILES string of the molecule is CC1C(=O)NCCN1Cc1ccccc1CC(=O)O. The molecule has 1 saturated heterocycles. The minimum Gasteiger partial charge on any atom is -0.481 e. The molecule has 0 aromatic heterocycles. The molecule has 0 spiro atoms. The van der Waals surface area contributed by atoms with Crippen LogP contribution in [0.5, 0.6) is 0 Å². The lowest BCUT2D eigenvalue weighted by molar-refractivity contribution is -0.136. The summed E-state index contributed by atoms with van der Waals surface area (Å²) in [7, 11) is 0. The highest BCUT2D eigenvalue weighted by atomic mass is 16.4. The molecule has 5 heteroatoms. The number of aliphatic carboxylic acids is 1. The third-order valence-corrected chi connectivity index (χ3v) is 3.46. The zero-order valence-electron chi connectivity index (χ0n) is 10.9. The number of benzene rings is 1. The molecule has 102 valence electrons. The van der Waals surface area contributed by atoms with Crippen molar-refractivity contribution in [2.45, 2.75) is 25.9 Å². The van der Waals surface area contributed by atoms with E-state index in [1.807, 2.05) is 31.2 Å². The monoisotopic (exact) mass is 262 g/mol. The summed E-state index contributed by atoms with van der Waals surface area (Å²) < 4.78 is 0. The Morgan fingerprint density at radius 2 is 2.11 bits per heavy atom. The van der Waals surface area contributed by atoms with Crippen LogP contribution in [0.4, 0.5) is 0 Å². The van der Waals surface area contributed by atoms with Crippen molar-refractivity contribution in [3.05, 3.63) is 35.4 Å². The van der Waals surface area contributed by atoms with Crippen LogP contribution in [-0.2, 0) is 22.6 Å². The van der Waals surface area contributed by atoms with E-state index in [9.17, 15) is 9.59 Å². The highest BCUT2D eigenvalue weighted by Gasteiger charge is 2.25. The zero-order chi connectivity index (χ0) is 13.8. The third kappa shape index (κ3) is 3.32. The van der Waals surface area contributed by atoms with Crippen molar-refractivity contribution in [3.8, 4) is 0 Å². The number of piperazine rings is 1. The number of carbonyl (C=O) groups is 2. The molecule has 0 aliphatic carbocycles. The first-order chi connectivity index (χ1) is 9.08. The van der Waals surface area contributed by atoms with Gasteiger partial charge in [-0.05, 0) is 18.1 Å². The quantitative estimate of drug-likeness (QED) is 0.835. The van der Waals surface area contributed by atoms with Gasteiger partial charge < -0.3 is 10.4 Å². The van der Waals surface area contributed by atoms with Crippen LogP contribution in [0.3, 0.4) is 0 Å². The van der Waals surface area contributed by atoms with E-state index in [4.69, 9.17) is 5.11 Å². The summed E-state index contributed by atoms with van der Waals surface area (Å²) in [4.78, 5) is 24.5. The molecule has 0 radical (unpaired) electrons. The highest BCUT2D eigenvalue weighted by Crippen LogP contribution is 2.15. The Bertz CT molecular complexity index is 487. The van der Waals surface area contributed by atoms with Gasteiger partial charge in [-0.3, -0.25) is 14.5 Å². The molecule has 1 fully saturated rings. The average molecular weight is 262 g/mol. The van der Waals surface area contributed by atoms with Crippen LogP contribution in [0.15, 0.2) is 24.3 Å². The molecule has 1 unspecified atom stereocenters. The molecule has 1 aromatic carbocycles. The first-order valence-electron chi connectivity index (χ1n) is 6.38. The minimum atomic E-state index is -0.836. The Labute approximate surface area is 112 Å². The lowest BCUT2D eigenvalue weighted by atomic mass is 10.0. The number of nitrogens with one attached hydrogen (secondary N) is 1. The van der Waals surface area contributed by atoms with Gasteiger partial charge in [0.25, 0.3) is 0 Å². The number of rotatable bonds is 4. The molecule has 2 N–H and O–H groups in total. The van der Waals surface area contributed by atoms with Crippen molar-refractivity contribution in [2.24, 2.45) is 0 Å². The summed E-state index contributed by atoms with van der Waals surface area (Å²) in [5.74, 6) is -0.807. The number of carbonyl (C=O) groups excluding carboxylic acids is 1. The lowest BCUT2D eigenvalue weighted by Gasteiger charge is -2.33. The maximum Gasteiger partial charge on any atom is 0.307 e. The van der Waals surface area contributed by atoms with E-state index in [-0.39, 0.29) is 18.4 Å². The Morgan fingerprint density at radius 3 is 2.79 bits per heavy atom. The molecule has 0 bridgehead atoms. The Hall–Kier alpha value is -1.88. The molecule has 1 heterocycles. The van der Waals surface area contributed by atoms with Crippen LogP contribution in [0, 0.1) is 0 Å². The first-order valence-corrected chi connectivity index (χ1v) is 6.38. The predicted octanol–water partition coefficient (Wildman–Crippen LogP) is 0.634. The summed E-state index contributed by atoms with van der Waals surface area (Å²) >= 11 is 0. The zero-order valence-corrected chi connectivity index (χ0v) is 10.9. The number of amides is 1. The maximum atomic E-state index is 11.6. The molecular formula is C14H18N2O3. The van der Waals surface area contributed by atoms with Gasteiger partial charge in [0.05, 0.1) is 12.5 Å². The molecule has 1 atom stereocenters. The second-order valence-electron chi connectivity index (χ2n) is 4.78. The fourth-order valence-corrected chi connectivity index (χ4v) is 2.31. The van der Waals surface area contributed by atoms with E-state index < -0.39 is 5.97 Å². The highest BCUT2D eigenvalue weighted by molar-refractivity contribution is 5.82. The molecule has 0 saturated carbocycles. The van der Waals surface area contributed by atoms with Crippen molar-refractivity contribution in [1.29, 1.82) is 0 Å². The largest absolute Gasteiger partial charge is 0.481 e. The van der Waals surface area contributed by atoms with Crippen molar-refractivity contribution < 1.29 is 14.7 Å². The molecular weight excluding hydrogens is 244 g/mol. The Morgan fingerprint density at radius 1 is 1.42 bits per heavy atom. The van der Waals surface area contributed by atoms with E-state index in [1.165, 1.54) is 0 Å². The molecule has 2 rings (SSSR count). The average Bonchev–Trinajstić information content (AvgIpc) is 2.36. The summed E-state index contributed by atoms with van der Waals surface area (Å²) in [6.45, 7) is 3.91. The topological polar surface area (TPSA) is 69.6 Å². The summed E-state index contributed by atoms with van der Waals surface area (Å²) in [6.07, 6.45) is 0.0184. The standard InChI is InChI=1S/C14H18N2O3/c1-10-14(19)15-6-7-16(10)9-12-5-3-2-4-11(12)8-13(17)18/h2-5,10H,6-9H2,1H3,(H,15,19)(H,17,18). The molecule has 1 aromatic rings. The third-order valence-electron chi connectivity index (χ3n) is 3.46. The first kappa shape index (κ1) is 13.5. The van der Waals surface area contributed by atoms with Gasteiger partial charge in [-0.2, -0.15) is 0 Å². The fraction of sp³-hybridized carbons (Fsp3) is 0.429. The summed E-state index contributed by atoms with van der Waals surface area (Å²) in [5, 5.41) is 11.7. The van der Waals surface area contributed by atoms with E-state index in [2.05, 4.69) is 10.2 Å². The Kier molecular flexibility index (Phi) is 4.16. The van der Waals surface area contributed by atoms with Gasteiger partial charge >= 0.3 is 5.97 Å². The summed E-state index contributed by atoms with van der Waals surface area (Å²) in [5.41, 5.74) is 1.79. The predicted molar refractivity (Wildman–Crippen MR) is 70.7 cm³/mol. The van der Waals surface area contributed by atoms with E-state index in [1.54, 1.807) is 0 Å². The van der Waals surface area contributed by atoms with Crippen LogP contribution in [0.25, 0.3) is 0 Å². The van der Waals surface area contributed by atoms with Crippen LogP contribution >= 0.6 is 0 Å². The van der Waals surface area contributed by atoms with Crippen LogP contribution in [0.2, 0.25) is 0 Å². The van der Waals surface area contributed by atoms with Gasteiger partial charge in [0.1, 0.15) is 0 Å². The normalized spacial score (nSPS) is 20.1. The second-order valence-corrected chi connectivity index (χ2v) is 4.78. The van der Waals surface area contributed by atoms with Gasteiger partial charge in [-0.25, -0.2) is 0 Å². The van der Waals surface area contributed by atoms with Gasteiger partial charge in [0, 0.05) is 19.6 Å². The maximum absolute atomic E-state index is 11.6. The van der Waals surface area contributed by atoms with Gasteiger partial charge in [0.2, 0.25) is 5.91 Å². The lowest BCUT2D eigenvalue weighted by Crippen LogP contribution is -2.53. The van der Waals surface area contributed by atoms with Crippen molar-refractivity contribution in [3.63, 3.8) is 0 Å². The number of hydrogen-bond donors (Lipinski definition) is 2. The van der Waals surface area contributed by atoms with E-state index >= 15 is 0 Å². The molecule has 1 aliphatic heterocycles.